The van der Waals surface area contributed by atoms with Crippen LogP contribution in [-0.4, -0.2) is 26.2 Å². The Balaban J connectivity index is 2.83. The summed E-state index contributed by atoms with van der Waals surface area (Å²) in [5.74, 6) is -0.894. The quantitative estimate of drug-likeness (QED) is 0.672. The van der Waals surface area contributed by atoms with Gasteiger partial charge < -0.3 is 10.8 Å². The number of nitrogens with two attached hydrogens (primary N) is 1. The fraction of sp³-hybridized carbons (Fsp3) is 0.400. The third-order valence-corrected chi connectivity index (χ3v) is 3.59. The molecule has 1 aromatic rings. The van der Waals surface area contributed by atoms with Gasteiger partial charge in [-0.15, -0.1) is 0 Å². The molecule has 0 bridgehead atoms. The van der Waals surface area contributed by atoms with Gasteiger partial charge in [0.2, 0.25) is 10.0 Å². The van der Waals surface area contributed by atoms with E-state index in [1.165, 1.54) is 13.0 Å². The lowest BCUT2D eigenvalue weighted by atomic mass is 10.3. The number of anilines is 1. The van der Waals surface area contributed by atoms with Gasteiger partial charge in [0, 0.05) is 12.2 Å². The molecular formula is C10H15FN2O3S. The van der Waals surface area contributed by atoms with E-state index in [-0.39, 0.29) is 18.7 Å². The highest BCUT2D eigenvalue weighted by molar-refractivity contribution is 7.89. The van der Waals surface area contributed by atoms with Crippen molar-refractivity contribution in [3.63, 3.8) is 0 Å². The van der Waals surface area contributed by atoms with Gasteiger partial charge in [-0.1, -0.05) is 0 Å². The predicted octanol–water partition coefficient (Wildman–Crippen LogP) is 0.457. The predicted molar refractivity (Wildman–Crippen MR) is 62.3 cm³/mol. The molecule has 0 saturated heterocycles. The number of rotatable bonds is 5. The Bertz CT molecular complexity index is 488. The largest absolute Gasteiger partial charge is 0.399 e. The van der Waals surface area contributed by atoms with Gasteiger partial charge >= 0.3 is 0 Å². The molecule has 0 aliphatic heterocycles. The van der Waals surface area contributed by atoms with E-state index in [9.17, 15) is 12.8 Å². The van der Waals surface area contributed by atoms with Crippen molar-refractivity contribution in [2.75, 3.05) is 12.3 Å². The Labute approximate surface area is 99.5 Å². The minimum atomic E-state index is -3.90. The molecule has 0 heterocycles. The fourth-order valence-corrected chi connectivity index (χ4v) is 2.32. The highest BCUT2D eigenvalue weighted by Gasteiger charge is 2.18. The van der Waals surface area contributed by atoms with Crippen LogP contribution in [0, 0.1) is 5.82 Å². The molecule has 0 saturated carbocycles. The van der Waals surface area contributed by atoms with E-state index in [4.69, 9.17) is 10.8 Å². The average Bonchev–Trinajstić information content (AvgIpc) is 2.15. The Morgan fingerprint density at radius 1 is 1.53 bits per heavy atom. The molecule has 4 N–H and O–H groups in total. The second kappa shape index (κ2) is 5.44. The van der Waals surface area contributed by atoms with Crippen LogP contribution < -0.4 is 10.5 Å². The smallest absolute Gasteiger partial charge is 0.243 e. The first-order valence-electron chi connectivity index (χ1n) is 5.05. The van der Waals surface area contributed by atoms with Gasteiger partial charge in [0.15, 0.2) is 0 Å². The van der Waals surface area contributed by atoms with Crippen molar-refractivity contribution in [1.82, 2.24) is 4.72 Å². The van der Waals surface area contributed by atoms with Gasteiger partial charge in [-0.2, -0.15) is 0 Å². The minimum absolute atomic E-state index is 0.0455. The molecule has 0 aromatic heterocycles. The lowest BCUT2D eigenvalue weighted by molar-refractivity contribution is 0.186. The van der Waals surface area contributed by atoms with E-state index in [1.54, 1.807) is 0 Å². The summed E-state index contributed by atoms with van der Waals surface area (Å²) >= 11 is 0. The molecule has 0 aliphatic rings. The van der Waals surface area contributed by atoms with Crippen molar-refractivity contribution in [3.05, 3.63) is 24.0 Å². The van der Waals surface area contributed by atoms with Gasteiger partial charge in [0.1, 0.15) is 10.7 Å². The second-order valence-corrected chi connectivity index (χ2v) is 5.46. The number of nitrogens with one attached hydrogen (secondary N) is 1. The first kappa shape index (κ1) is 13.9. The minimum Gasteiger partial charge on any atom is -0.399 e. The summed E-state index contributed by atoms with van der Waals surface area (Å²) in [6.45, 7) is 1.59. The molecule has 0 amide bonds. The van der Waals surface area contributed by atoms with Crippen LogP contribution in [0.5, 0.6) is 0 Å². The van der Waals surface area contributed by atoms with Gasteiger partial charge in [-0.25, -0.2) is 17.5 Å². The molecule has 1 unspecified atom stereocenters. The maximum absolute atomic E-state index is 13.4. The summed E-state index contributed by atoms with van der Waals surface area (Å²) in [5, 5.41) is 8.99. The Kier molecular flexibility index (Phi) is 4.44. The average molecular weight is 262 g/mol. The van der Waals surface area contributed by atoms with Gasteiger partial charge in [-0.3, -0.25) is 0 Å². The third-order valence-electron chi connectivity index (χ3n) is 2.10. The van der Waals surface area contributed by atoms with Crippen LogP contribution in [0.2, 0.25) is 0 Å². The van der Waals surface area contributed by atoms with E-state index in [0.29, 0.717) is 0 Å². The maximum atomic E-state index is 13.4. The van der Waals surface area contributed by atoms with Gasteiger partial charge in [-0.05, 0) is 31.5 Å². The molecule has 96 valence electrons. The molecule has 0 spiro atoms. The van der Waals surface area contributed by atoms with Gasteiger partial charge in [0.25, 0.3) is 0 Å². The van der Waals surface area contributed by atoms with Crippen molar-refractivity contribution in [1.29, 1.82) is 0 Å². The number of benzene rings is 1. The number of nitrogen functional groups attached to an aromatic ring is 1. The molecular weight excluding hydrogens is 247 g/mol. The van der Waals surface area contributed by atoms with E-state index >= 15 is 0 Å². The molecule has 0 radical (unpaired) electrons. The van der Waals surface area contributed by atoms with Crippen LogP contribution in [0.15, 0.2) is 23.1 Å². The number of hydrogen-bond donors (Lipinski definition) is 3. The lowest BCUT2D eigenvalue weighted by Crippen LogP contribution is -2.27. The van der Waals surface area contributed by atoms with Crippen LogP contribution in [0.4, 0.5) is 10.1 Å². The summed E-state index contributed by atoms with van der Waals surface area (Å²) in [6.07, 6.45) is -0.357. The first-order chi connectivity index (χ1) is 7.83. The summed E-state index contributed by atoms with van der Waals surface area (Å²) in [5.41, 5.74) is 5.48. The number of halogens is 1. The molecule has 1 atom stereocenters. The normalized spacial score (nSPS) is 13.6. The highest BCUT2D eigenvalue weighted by Crippen LogP contribution is 2.16. The van der Waals surface area contributed by atoms with Crippen LogP contribution >= 0.6 is 0 Å². The highest BCUT2D eigenvalue weighted by atomic mass is 32.2. The van der Waals surface area contributed by atoms with E-state index in [0.717, 1.165) is 12.1 Å². The molecule has 0 aliphatic carbocycles. The molecule has 0 fully saturated rings. The Hall–Kier alpha value is -1.18. The number of aliphatic hydroxyl groups is 1. The van der Waals surface area contributed by atoms with Crippen molar-refractivity contribution in [3.8, 4) is 0 Å². The summed E-state index contributed by atoms with van der Waals surface area (Å²) < 4.78 is 38.9. The third kappa shape index (κ3) is 3.95. The number of hydrogen-bond acceptors (Lipinski definition) is 4. The topological polar surface area (TPSA) is 92.4 Å². The van der Waals surface area contributed by atoms with Crippen molar-refractivity contribution < 1.29 is 17.9 Å². The van der Waals surface area contributed by atoms with Crippen molar-refractivity contribution in [2.24, 2.45) is 0 Å². The molecule has 17 heavy (non-hydrogen) atoms. The van der Waals surface area contributed by atoms with Crippen molar-refractivity contribution in [2.45, 2.75) is 24.3 Å². The SMILES string of the molecule is CC(O)CCNS(=O)(=O)c1ccc(N)cc1F. The van der Waals surface area contributed by atoms with E-state index < -0.39 is 26.8 Å². The monoisotopic (exact) mass is 262 g/mol. The number of aliphatic hydroxyl groups excluding tert-OH is 1. The zero-order chi connectivity index (χ0) is 13.1. The summed E-state index contributed by atoms with van der Waals surface area (Å²) in [6, 6.07) is 3.37. The number of sulfonamides is 1. The van der Waals surface area contributed by atoms with Gasteiger partial charge in [0.05, 0.1) is 6.10 Å². The van der Waals surface area contributed by atoms with Crippen molar-refractivity contribution >= 4 is 15.7 Å². The first-order valence-corrected chi connectivity index (χ1v) is 6.54. The molecule has 1 rings (SSSR count). The molecule has 7 heteroatoms. The summed E-state index contributed by atoms with van der Waals surface area (Å²) in [4.78, 5) is -0.447. The zero-order valence-electron chi connectivity index (χ0n) is 9.35. The standard InChI is InChI=1S/C10H15FN2O3S/c1-7(14)4-5-13-17(15,16)10-3-2-8(12)6-9(10)11/h2-3,6-7,13-14H,4-5,12H2,1H3. The van der Waals surface area contributed by atoms with E-state index in [2.05, 4.69) is 4.72 Å². The second-order valence-electron chi connectivity index (χ2n) is 3.73. The van der Waals surface area contributed by atoms with Crippen LogP contribution in [-0.2, 0) is 10.0 Å². The lowest BCUT2D eigenvalue weighted by Gasteiger charge is -2.09. The zero-order valence-corrected chi connectivity index (χ0v) is 10.2. The Morgan fingerprint density at radius 3 is 2.71 bits per heavy atom. The van der Waals surface area contributed by atoms with Crippen LogP contribution in [0.25, 0.3) is 0 Å². The van der Waals surface area contributed by atoms with E-state index in [1.807, 2.05) is 0 Å². The van der Waals surface area contributed by atoms with Crippen LogP contribution in [0.1, 0.15) is 13.3 Å². The molecule has 1 aromatic carbocycles. The molecule has 5 nitrogen and oxygen atoms in total. The summed E-state index contributed by atoms with van der Waals surface area (Å²) in [7, 11) is -3.90. The fourth-order valence-electron chi connectivity index (χ4n) is 1.21. The maximum Gasteiger partial charge on any atom is 0.243 e. The van der Waals surface area contributed by atoms with Crippen LogP contribution in [0.3, 0.4) is 0 Å². The Morgan fingerprint density at radius 2 is 2.18 bits per heavy atom.